The first-order chi connectivity index (χ1) is 7.31. The fraction of sp³-hybridized carbons (Fsp3) is 1.00. The van der Waals surface area contributed by atoms with E-state index in [4.69, 9.17) is 4.74 Å². The van der Waals surface area contributed by atoms with Crippen molar-refractivity contribution in [2.24, 2.45) is 5.41 Å². The summed E-state index contributed by atoms with van der Waals surface area (Å²) in [6.07, 6.45) is 13.6. The molecule has 0 amide bonds. The van der Waals surface area contributed by atoms with E-state index in [0.717, 1.165) is 4.83 Å². The van der Waals surface area contributed by atoms with Gasteiger partial charge in [-0.3, -0.25) is 0 Å². The topological polar surface area (TPSA) is 9.23 Å². The van der Waals surface area contributed by atoms with Gasteiger partial charge in [0.15, 0.2) is 0 Å². The summed E-state index contributed by atoms with van der Waals surface area (Å²) < 4.78 is 6.26. The molecule has 3 fully saturated rings. The van der Waals surface area contributed by atoms with Crippen molar-refractivity contribution in [3.05, 3.63) is 0 Å². The largest absolute Gasteiger partial charge is 0.374 e. The maximum absolute atomic E-state index is 6.26. The Bertz CT molecular complexity index is 231. The molecular weight excluding hydrogens is 252 g/mol. The van der Waals surface area contributed by atoms with Crippen LogP contribution in [0.4, 0.5) is 0 Å². The van der Waals surface area contributed by atoms with E-state index in [2.05, 4.69) is 15.9 Å². The van der Waals surface area contributed by atoms with E-state index in [1.165, 1.54) is 57.8 Å². The molecule has 3 aliphatic carbocycles. The Balaban J connectivity index is 1.63. The van der Waals surface area contributed by atoms with Crippen LogP contribution in [-0.4, -0.2) is 17.0 Å². The Morgan fingerprint density at radius 1 is 1.00 bits per heavy atom. The molecule has 3 rings (SSSR count). The molecule has 0 saturated heterocycles. The van der Waals surface area contributed by atoms with Gasteiger partial charge in [0, 0.05) is 10.2 Å². The third-order valence-electron chi connectivity index (χ3n) is 4.88. The summed E-state index contributed by atoms with van der Waals surface area (Å²) in [5, 5.41) is 0. The summed E-state index contributed by atoms with van der Waals surface area (Å²) in [4.78, 5) is 0.746. The fourth-order valence-electron chi connectivity index (χ4n) is 3.47. The van der Waals surface area contributed by atoms with Crippen LogP contribution in [0.15, 0.2) is 0 Å². The van der Waals surface area contributed by atoms with Crippen LogP contribution in [0.5, 0.6) is 0 Å². The van der Waals surface area contributed by atoms with Crippen molar-refractivity contribution >= 4 is 15.9 Å². The summed E-state index contributed by atoms with van der Waals surface area (Å²) in [6.45, 7) is 0. The third kappa shape index (κ3) is 1.68. The zero-order valence-electron chi connectivity index (χ0n) is 9.38. The first-order valence-corrected chi connectivity index (χ1v) is 7.52. The van der Waals surface area contributed by atoms with Gasteiger partial charge in [0.05, 0.1) is 12.2 Å². The number of rotatable bonds is 2. The van der Waals surface area contributed by atoms with Crippen molar-refractivity contribution in [2.45, 2.75) is 74.8 Å². The molecule has 3 aliphatic rings. The lowest BCUT2D eigenvalue weighted by atomic mass is 9.58. The molecule has 0 heterocycles. The number of hydrogen-bond donors (Lipinski definition) is 0. The van der Waals surface area contributed by atoms with E-state index in [1.54, 1.807) is 0 Å². The maximum Gasteiger partial charge on any atom is 0.0656 e. The molecule has 86 valence electrons. The molecule has 2 atom stereocenters. The van der Waals surface area contributed by atoms with Crippen molar-refractivity contribution in [1.82, 2.24) is 0 Å². The predicted octanol–water partition coefficient (Wildman–Crippen LogP) is 4.04. The lowest BCUT2D eigenvalue weighted by Gasteiger charge is -2.57. The highest BCUT2D eigenvalue weighted by Crippen LogP contribution is 2.57. The molecule has 0 N–H and O–H groups in total. The lowest BCUT2D eigenvalue weighted by Crippen LogP contribution is -2.57. The number of ether oxygens (including phenoxy) is 1. The molecule has 0 radical (unpaired) electrons. The second-order valence-corrected chi connectivity index (χ2v) is 6.78. The predicted molar refractivity (Wildman–Crippen MR) is 65.4 cm³/mol. The van der Waals surface area contributed by atoms with Crippen LogP contribution in [0, 0.1) is 5.41 Å². The minimum atomic E-state index is 0.536. The molecule has 0 aromatic rings. The van der Waals surface area contributed by atoms with Gasteiger partial charge in [0.2, 0.25) is 0 Å². The normalized spacial score (nSPS) is 39.8. The Labute approximate surface area is 101 Å². The van der Waals surface area contributed by atoms with Crippen LogP contribution in [0.25, 0.3) is 0 Å². The van der Waals surface area contributed by atoms with Gasteiger partial charge in [-0.2, -0.15) is 0 Å². The van der Waals surface area contributed by atoms with Crippen molar-refractivity contribution in [1.29, 1.82) is 0 Å². The maximum atomic E-state index is 6.26. The molecule has 0 aromatic heterocycles. The molecule has 3 saturated carbocycles. The SMILES string of the molecule is BrC1CC(OC2CCC2)C12CCCCC2. The van der Waals surface area contributed by atoms with Gasteiger partial charge in [-0.15, -0.1) is 0 Å². The Kier molecular flexibility index (Phi) is 2.84. The van der Waals surface area contributed by atoms with E-state index in [9.17, 15) is 0 Å². The molecule has 15 heavy (non-hydrogen) atoms. The molecule has 0 aliphatic heterocycles. The lowest BCUT2D eigenvalue weighted by molar-refractivity contribution is -0.166. The van der Waals surface area contributed by atoms with Gasteiger partial charge in [-0.25, -0.2) is 0 Å². The Morgan fingerprint density at radius 2 is 1.73 bits per heavy atom. The minimum absolute atomic E-state index is 0.536. The number of alkyl halides is 1. The van der Waals surface area contributed by atoms with Crippen molar-refractivity contribution < 1.29 is 4.74 Å². The fourth-order valence-corrected chi connectivity index (χ4v) is 4.57. The molecule has 1 nitrogen and oxygen atoms in total. The zero-order valence-corrected chi connectivity index (χ0v) is 11.0. The molecule has 2 heteroatoms. The average Bonchev–Trinajstić information content (AvgIpc) is 2.22. The van der Waals surface area contributed by atoms with Gasteiger partial charge in [-0.1, -0.05) is 35.2 Å². The molecule has 0 aromatic carbocycles. The monoisotopic (exact) mass is 272 g/mol. The van der Waals surface area contributed by atoms with Gasteiger partial charge in [0.1, 0.15) is 0 Å². The summed E-state index contributed by atoms with van der Waals surface area (Å²) in [7, 11) is 0. The van der Waals surface area contributed by atoms with Crippen molar-refractivity contribution in [3.8, 4) is 0 Å². The zero-order chi connectivity index (χ0) is 10.3. The summed E-state index contributed by atoms with van der Waals surface area (Å²) in [6, 6.07) is 0. The summed E-state index contributed by atoms with van der Waals surface area (Å²) in [5.74, 6) is 0. The van der Waals surface area contributed by atoms with E-state index < -0.39 is 0 Å². The molecule has 1 spiro atoms. The van der Waals surface area contributed by atoms with Crippen LogP contribution >= 0.6 is 15.9 Å². The highest BCUT2D eigenvalue weighted by Gasteiger charge is 2.55. The van der Waals surface area contributed by atoms with E-state index >= 15 is 0 Å². The van der Waals surface area contributed by atoms with Crippen LogP contribution in [0.3, 0.4) is 0 Å². The molecular formula is C13H21BrO. The van der Waals surface area contributed by atoms with Gasteiger partial charge >= 0.3 is 0 Å². The van der Waals surface area contributed by atoms with Crippen molar-refractivity contribution in [3.63, 3.8) is 0 Å². The van der Waals surface area contributed by atoms with Gasteiger partial charge < -0.3 is 4.74 Å². The first kappa shape index (κ1) is 10.6. The number of hydrogen-bond acceptors (Lipinski definition) is 1. The summed E-state index contributed by atoms with van der Waals surface area (Å²) >= 11 is 3.87. The minimum Gasteiger partial charge on any atom is -0.374 e. The smallest absolute Gasteiger partial charge is 0.0656 e. The summed E-state index contributed by atoms with van der Waals surface area (Å²) in [5.41, 5.74) is 0.536. The van der Waals surface area contributed by atoms with Gasteiger partial charge in [0.25, 0.3) is 0 Å². The van der Waals surface area contributed by atoms with E-state index in [1.807, 2.05) is 0 Å². The van der Waals surface area contributed by atoms with Crippen LogP contribution in [-0.2, 0) is 4.74 Å². The van der Waals surface area contributed by atoms with Crippen LogP contribution in [0.1, 0.15) is 57.8 Å². The van der Waals surface area contributed by atoms with Crippen molar-refractivity contribution in [2.75, 3.05) is 0 Å². The van der Waals surface area contributed by atoms with Crippen LogP contribution in [0.2, 0.25) is 0 Å². The highest BCUT2D eigenvalue weighted by atomic mass is 79.9. The third-order valence-corrected chi connectivity index (χ3v) is 6.17. The second-order valence-electron chi connectivity index (χ2n) is 5.67. The molecule has 2 unspecified atom stereocenters. The quantitative estimate of drug-likeness (QED) is 0.690. The second kappa shape index (κ2) is 4.03. The Morgan fingerprint density at radius 3 is 2.27 bits per heavy atom. The first-order valence-electron chi connectivity index (χ1n) is 6.61. The van der Waals surface area contributed by atoms with Gasteiger partial charge in [-0.05, 0) is 38.5 Å². The number of halogens is 1. The van der Waals surface area contributed by atoms with E-state index in [-0.39, 0.29) is 0 Å². The average molecular weight is 273 g/mol. The van der Waals surface area contributed by atoms with Crippen LogP contribution < -0.4 is 0 Å². The molecule has 0 bridgehead atoms. The Hall–Kier alpha value is 0.440. The van der Waals surface area contributed by atoms with E-state index in [0.29, 0.717) is 17.6 Å². The highest BCUT2D eigenvalue weighted by molar-refractivity contribution is 9.09. The standard InChI is InChI=1S/C13H21BrO/c14-11-9-12(15-10-5-4-6-10)13(11)7-2-1-3-8-13/h10-12H,1-9H2.